The van der Waals surface area contributed by atoms with Crippen molar-refractivity contribution in [2.45, 2.75) is 11.8 Å². The van der Waals surface area contributed by atoms with Crippen molar-refractivity contribution in [3.8, 4) is 22.3 Å². The lowest BCUT2D eigenvalue weighted by molar-refractivity contribution is -0.0267. The smallest absolute Gasteiger partial charge is 0.409 e. The Kier molecular flexibility index (Phi) is 24.9. The molecule has 16 nitrogen and oxygen atoms in total. The second-order valence-corrected chi connectivity index (χ2v) is 16.6. The molecule has 0 N–H and O–H groups in total. The fourth-order valence-electron chi connectivity index (χ4n) is 8.08. The second kappa shape index (κ2) is 32.1. The quantitative estimate of drug-likeness (QED) is 0.0431. The molecule has 0 saturated carbocycles. The van der Waals surface area contributed by atoms with Crippen molar-refractivity contribution in [3.63, 3.8) is 0 Å². The monoisotopic (exact) mass is 972 g/mol. The summed E-state index contributed by atoms with van der Waals surface area (Å²) < 4.78 is 67.0. The number of nitrogens with zero attached hydrogens (tertiary/aromatic N) is 2. The third-order valence-electron chi connectivity index (χ3n) is 11.8. The fourth-order valence-corrected chi connectivity index (χ4v) is 8.08. The lowest BCUT2D eigenvalue weighted by atomic mass is 9.98. The number of carbonyl (C=O) groups is 2. The zero-order valence-corrected chi connectivity index (χ0v) is 41.0. The molecule has 16 heteroatoms. The number of hydrogen-bond donors (Lipinski definition) is 0. The van der Waals surface area contributed by atoms with Gasteiger partial charge >= 0.3 is 12.2 Å². The summed E-state index contributed by atoms with van der Waals surface area (Å²) in [7, 11) is 3.42. The van der Waals surface area contributed by atoms with E-state index >= 15 is 0 Å². The molecule has 0 aromatic heterocycles. The van der Waals surface area contributed by atoms with Crippen molar-refractivity contribution in [2.75, 3.05) is 173 Å². The minimum atomic E-state index is -0.369. The molecular formula is C54H72N2O14. The summed E-state index contributed by atoms with van der Waals surface area (Å²) in [6.07, 6.45) is -0.738. The Balaban J connectivity index is 0.606. The van der Waals surface area contributed by atoms with Crippen LogP contribution in [0.2, 0.25) is 0 Å². The molecule has 0 aliphatic heterocycles. The Hall–Kier alpha value is -4.98. The van der Waals surface area contributed by atoms with E-state index in [1.165, 1.54) is 54.3 Å². The van der Waals surface area contributed by atoms with Gasteiger partial charge in [0.15, 0.2) is 0 Å². The summed E-state index contributed by atoms with van der Waals surface area (Å²) in [6, 6.07) is 33.1. The van der Waals surface area contributed by atoms with E-state index in [1.54, 1.807) is 14.1 Å². The number of rotatable bonds is 37. The fraction of sp³-hybridized carbons (Fsp3) is 0.519. The maximum Gasteiger partial charge on any atom is 0.409 e. The van der Waals surface area contributed by atoms with Gasteiger partial charge < -0.3 is 66.6 Å². The van der Waals surface area contributed by atoms with Crippen LogP contribution in [0.25, 0.3) is 22.3 Å². The lowest BCUT2D eigenvalue weighted by Gasteiger charge is -2.19. The Labute approximate surface area is 413 Å². The number of carbonyl (C=O) groups excluding carboxylic acids is 2. The molecule has 4 aromatic carbocycles. The molecule has 2 aliphatic rings. The molecule has 0 spiro atoms. The number of ether oxygens (including phenoxy) is 12. The average Bonchev–Trinajstić information content (AvgIpc) is 3.89. The minimum Gasteiger partial charge on any atom is -0.448 e. The number of benzene rings is 4. The van der Waals surface area contributed by atoms with Crippen LogP contribution in [-0.4, -0.2) is 195 Å². The van der Waals surface area contributed by atoms with Crippen LogP contribution in [0.15, 0.2) is 97.1 Å². The van der Waals surface area contributed by atoms with Crippen LogP contribution in [-0.2, 0) is 56.8 Å². The number of amides is 2. The highest BCUT2D eigenvalue weighted by Gasteiger charge is 2.31. The van der Waals surface area contributed by atoms with Gasteiger partial charge in [0.1, 0.15) is 13.2 Å². The number of hydrogen-bond acceptors (Lipinski definition) is 14. The van der Waals surface area contributed by atoms with Gasteiger partial charge in [0.25, 0.3) is 0 Å². The van der Waals surface area contributed by atoms with E-state index < -0.39 is 0 Å². The first kappa shape index (κ1) is 54.4. The third-order valence-corrected chi connectivity index (χ3v) is 11.8. The topological polar surface area (TPSA) is 151 Å². The number of likely N-dealkylation sites (N-methyl/N-ethyl adjacent to an activating group) is 2. The molecule has 0 atom stereocenters. The zero-order chi connectivity index (χ0) is 48.9. The van der Waals surface area contributed by atoms with Crippen molar-refractivity contribution in [3.05, 3.63) is 119 Å². The van der Waals surface area contributed by atoms with Crippen LogP contribution < -0.4 is 0 Å². The van der Waals surface area contributed by atoms with Crippen molar-refractivity contribution >= 4 is 12.2 Å². The Bertz CT molecular complexity index is 1870. The molecule has 0 fully saturated rings. The van der Waals surface area contributed by atoms with E-state index in [1.807, 2.05) is 48.5 Å². The van der Waals surface area contributed by atoms with Crippen molar-refractivity contribution in [1.29, 1.82) is 0 Å². The predicted octanol–water partition coefficient (Wildman–Crippen LogP) is 6.91. The largest absolute Gasteiger partial charge is 0.448 e. The molecule has 4 aromatic rings. The highest BCUT2D eigenvalue weighted by molar-refractivity contribution is 5.80. The number of fused-ring (bicyclic) bond motifs is 6. The van der Waals surface area contributed by atoms with Gasteiger partial charge in [0.05, 0.1) is 132 Å². The summed E-state index contributed by atoms with van der Waals surface area (Å²) in [5, 5.41) is 0. The molecule has 0 radical (unpaired) electrons. The van der Waals surface area contributed by atoms with Crippen LogP contribution >= 0.6 is 0 Å². The van der Waals surface area contributed by atoms with Crippen LogP contribution in [0.1, 0.15) is 34.1 Å². The Morgan fingerprint density at radius 3 is 0.757 bits per heavy atom. The Morgan fingerprint density at radius 2 is 0.529 bits per heavy atom. The van der Waals surface area contributed by atoms with Gasteiger partial charge in [0, 0.05) is 39.0 Å². The molecule has 2 aliphatic carbocycles. The van der Waals surface area contributed by atoms with Crippen molar-refractivity contribution in [1.82, 2.24) is 9.80 Å². The van der Waals surface area contributed by atoms with E-state index in [4.69, 9.17) is 56.8 Å². The van der Waals surface area contributed by atoms with Crippen LogP contribution in [0.4, 0.5) is 9.59 Å². The first-order valence-electron chi connectivity index (χ1n) is 24.4. The normalized spacial score (nSPS) is 12.7. The van der Waals surface area contributed by atoms with Gasteiger partial charge in [-0.1, -0.05) is 97.1 Å². The predicted molar refractivity (Wildman–Crippen MR) is 264 cm³/mol. The van der Waals surface area contributed by atoms with Gasteiger partial charge in [-0.05, 0) is 44.5 Å². The standard InChI is InChI=1S/C54H72N2O14/c1-55(53(57)69-41-51-47-15-7-3-11-43(47)44-12-4-8-16-48(44)51)19-21-59-23-25-61-27-29-63-31-33-65-35-37-67-39-40-68-38-36-66-34-32-64-30-28-62-26-24-60-22-20-56(2)54(58)70-42-52-49-17-9-5-13-45(49)46-14-6-10-18-50(46)52/h3-18,51-52H,19-42H2,1-2H3. The van der Waals surface area contributed by atoms with Gasteiger partial charge in [-0.25, -0.2) is 9.59 Å². The maximum absolute atomic E-state index is 12.7. The summed E-state index contributed by atoms with van der Waals surface area (Å²) in [5.74, 6) is 0.0630. The molecule has 6 rings (SSSR count). The molecular weight excluding hydrogens is 901 g/mol. The van der Waals surface area contributed by atoms with Crippen molar-refractivity contribution in [2.24, 2.45) is 0 Å². The summed E-state index contributed by atoms with van der Waals surface area (Å²) in [6.45, 7) is 10.5. The third kappa shape index (κ3) is 18.0. The summed E-state index contributed by atoms with van der Waals surface area (Å²) in [4.78, 5) is 28.4. The average molecular weight is 973 g/mol. The van der Waals surface area contributed by atoms with E-state index in [0.717, 1.165) is 0 Å². The Morgan fingerprint density at radius 1 is 0.329 bits per heavy atom. The van der Waals surface area contributed by atoms with E-state index in [0.29, 0.717) is 158 Å². The molecule has 0 saturated heterocycles. The van der Waals surface area contributed by atoms with E-state index in [2.05, 4.69) is 48.5 Å². The summed E-state index contributed by atoms with van der Waals surface area (Å²) in [5.41, 5.74) is 9.56. The maximum atomic E-state index is 12.7. The molecule has 0 heterocycles. The highest BCUT2D eigenvalue weighted by Crippen LogP contribution is 2.45. The first-order chi connectivity index (χ1) is 34.5. The molecule has 2 amide bonds. The zero-order valence-electron chi connectivity index (χ0n) is 41.0. The molecule has 0 unspecified atom stereocenters. The van der Waals surface area contributed by atoms with Gasteiger partial charge in [-0.15, -0.1) is 0 Å². The van der Waals surface area contributed by atoms with Crippen LogP contribution in [0.5, 0.6) is 0 Å². The van der Waals surface area contributed by atoms with E-state index in [9.17, 15) is 9.59 Å². The van der Waals surface area contributed by atoms with Crippen LogP contribution in [0.3, 0.4) is 0 Å². The summed E-state index contributed by atoms with van der Waals surface area (Å²) >= 11 is 0. The van der Waals surface area contributed by atoms with Crippen LogP contribution in [0, 0.1) is 0 Å². The van der Waals surface area contributed by atoms with Crippen molar-refractivity contribution < 1.29 is 66.4 Å². The second-order valence-electron chi connectivity index (χ2n) is 16.6. The molecule has 0 bridgehead atoms. The van der Waals surface area contributed by atoms with Gasteiger partial charge in [-0.3, -0.25) is 0 Å². The first-order valence-corrected chi connectivity index (χ1v) is 24.4. The highest BCUT2D eigenvalue weighted by atomic mass is 16.6. The minimum absolute atomic E-state index is 0.0315. The molecule has 70 heavy (non-hydrogen) atoms. The van der Waals surface area contributed by atoms with Gasteiger partial charge in [0.2, 0.25) is 0 Å². The SMILES string of the molecule is CN(CCOCCOCCOCCOCCOCCOCCOCCOCCOCCOCCN(C)C(=O)OCC1c2ccccc2-c2ccccc21)C(=O)OCC1c2ccccc2-c2ccccc21. The lowest BCUT2D eigenvalue weighted by Crippen LogP contribution is -2.32. The van der Waals surface area contributed by atoms with E-state index in [-0.39, 0.29) is 24.0 Å². The molecule has 382 valence electrons. The van der Waals surface area contributed by atoms with Gasteiger partial charge in [-0.2, -0.15) is 0 Å².